The zero-order chi connectivity index (χ0) is 15.4. The minimum Gasteiger partial charge on any atom is -0.464 e. The molecular formula is C15H15NO3S2. The van der Waals surface area contributed by atoms with Crippen LogP contribution in [0, 0.1) is 6.92 Å². The first-order chi connectivity index (χ1) is 10.0. The van der Waals surface area contributed by atoms with E-state index in [0.717, 1.165) is 9.90 Å². The number of ether oxygens (including phenoxy) is 1. The van der Waals surface area contributed by atoms with Crippen molar-refractivity contribution in [3.8, 4) is 0 Å². The Labute approximate surface area is 131 Å². The highest BCUT2D eigenvalue weighted by Gasteiger charge is 2.21. The number of benzene rings is 1. The Morgan fingerprint density at radius 2 is 2.05 bits per heavy atom. The maximum absolute atomic E-state index is 11.6. The number of thioether (sulfide) groups is 1. The van der Waals surface area contributed by atoms with Gasteiger partial charge in [-0.25, -0.2) is 9.78 Å². The lowest BCUT2D eigenvalue weighted by Gasteiger charge is -2.02. The van der Waals surface area contributed by atoms with Crippen LogP contribution >= 0.6 is 23.1 Å². The fourth-order valence-corrected chi connectivity index (χ4v) is 3.73. The molecule has 0 bridgehead atoms. The second-order valence-corrected chi connectivity index (χ2v) is 6.49. The predicted octanol–water partition coefficient (Wildman–Crippen LogP) is 3.73. The molecule has 0 amide bonds. The van der Waals surface area contributed by atoms with Gasteiger partial charge in [0.25, 0.3) is 0 Å². The molecule has 0 saturated heterocycles. The molecule has 0 saturated carbocycles. The number of rotatable bonds is 5. The largest absolute Gasteiger partial charge is 0.464 e. The molecule has 2 aromatic rings. The summed E-state index contributed by atoms with van der Waals surface area (Å²) in [5, 5.41) is 0.744. The molecule has 110 valence electrons. The summed E-state index contributed by atoms with van der Waals surface area (Å²) in [6.07, 6.45) is 0. The molecule has 0 spiro atoms. The van der Waals surface area contributed by atoms with Gasteiger partial charge in [-0.3, -0.25) is 4.79 Å². The Balaban J connectivity index is 2.20. The highest BCUT2D eigenvalue weighted by Crippen LogP contribution is 2.29. The summed E-state index contributed by atoms with van der Waals surface area (Å²) in [6.45, 7) is 3.48. The van der Waals surface area contributed by atoms with E-state index in [0.29, 0.717) is 10.6 Å². The molecule has 21 heavy (non-hydrogen) atoms. The number of aromatic nitrogens is 1. The normalized spacial score (nSPS) is 10.4. The van der Waals surface area contributed by atoms with Gasteiger partial charge in [0.2, 0.25) is 0 Å². The lowest BCUT2D eigenvalue weighted by Crippen LogP contribution is -2.07. The molecule has 1 heterocycles. The first-order valence-electron chi connectivity index (χ1n) is 6.30. The Hall–Kier alpha value is -1.66. The van der Waals surface area contributed by atoms with Gasteiger partial charge >= 0.3 is 5.97 Å². The number of nitrogens with zero attached hydrogens (tertiary/aromatic N) is 1. The summed E-state index contributed by atoms with van der Waals surface area (Å²) in [4.78, 5) is 29.0. The summed E-state index contributed by atoms with van der Waals surface area (Å²) >= 11 is 2.89. The number of methoxy groups -OCH3 is 1. The molecule has 0 N–H and O–H groups in total. The molecule has 1 aromatic heterocycles. The van der Waals surface area contributed by atoms with Crippen molar-refractivity contribution >= 4 is 34.9 Å². The van der Waals surface area contributed by atoms with Crippen LogP contribution < -0.4 is 0 Å². The number of hydrogen-bond donors (Lipinski definition) is 0. The van der Waals surface area contributed by atoms with Crippen LogP contribution in [-0.4, -0.2) is 23.8 Å². The van der Waals surface area contributed by atoms with Gasteiger partial charge in [-0.2, -0.15) is 0 Å². The molecule has 0 aliphatic heterocycles. The van der Waals surface area contributed by atoms with Gasteiger partial charge in [0, 0.05) is 11.8 Å². The molecular weight excluding hydrogens is 306 g/mol. The van der Waals surface area contributed by atoms with Crippen LogP contribution in [0.3, 0.4) is 0 Å². The summed E-state index contributed by atoms with van der Waals surface area (Å²) in [5.41, 5.74) is 1.31. The Morgan fingerprint density at radius 3 is 2.67 bits per heavy atom. The number of ketones is 1. The average molecular weight is 321 g/mol. The average Bonchev–Trinajstić information content (AvgIpc) is 2.90. The molecule has 0 unspecified atom stereocenters. The Kier molecular flexibility index (Phi) is 5.14. The Morgan fingerprint density at radius 1 is 1.33 bits per heavy atom. The summed E-state index contributed by atoms with van der Waals surface area (Å²) in [5.74, 6) is -0.115. The molecule has 6 heteroatoms. The van der Waals surface area contributed by atoms with Gasteiger partial charge in [0.05, 0.1) is 12.9 Å². The van der Waals surface area contributed by atoms with Gasteiger partial charge in [-0.05, 0) is 18.6 Å². The number of esters is 1. The molecule has 4 nitrogen and oxygen atoms in total. The van der Waals surface area contributed by atoms with Crippen LogP contribution in [0.4, 0.5) is 0 Å². The van der Waals surface area contributed by atoms with Crippen LogP contribution in [0.2, 0.25) is 0 Å². The lowest BCUT2D eigenvalue weighted by atomic mass is 10.2. The third-order valence-electron chi connectivity index (χ3n) is 2.81. The smallest absolute Gasteiger partial charge is 0.358 e. The van der Waals surface area contributed by atoms with Gasteiger partial charge < -0.3 is 4.74 Å². The number of hydrogen-bond acceptors (Lipinski definition) is 6. The van der Waals surface area contributed by atoms with Crippen molar-refractivity contribution in [1.29, 1.82) is 0 Å². The highest BCUT2D eigenvalue weighted by atomic mass is 32.2. The topological polar surface area (TPSA) is 56.3 Å². The van der Waals surface area contributed by atoms with Crippen molar-refractivity contribution in [1.82, 2.24) is 4.98 Å². The SMILES string of the molecule is COC(=O)c1nc(CSc2ccccc2C)sc1C(C)=O. The molecule has 0 aliphatic rings. The quantitative estimate of drug-likeness (QED) is 0.477. The first kappa shape index (κ1) is 15.7. The molecule has 0 radical (unpaired) electrons. The number of thiazole rings is 1. The van der Waals surface area contributed by atoms with E-state index in [1.165, 1.54) is 30.9 Å². The van der Waals surface area contributed by atoms with Crippen LogP contribution in [-0.2, 0) is 10.5 Å². The third-order valence-corrected chi connectivity index (χ3v) is 5.34. The van der Waals surface area contributed by atoms with E-state index in [9.17, 15) is 9.59 Å². The number of carbonyl (C=O) groups excluding carboxylic acids is 2. The second-order valence-electron chi connectivity index (χ2n) is 4.39. The standard InChI is InChI=1S/C15H15NO3S2/c1-9-6-4-5-7-11(9)20-8-12-16-13(15(18)19-3)14(21-12)10(2)17/h4-7H,8H2,1-3H3. The van der Waals surface area contributed by atoms with E-state index in [1.54, 1.807) is 11.8 Å². The van der Waals surface area contributed by atoms with Gasteiger partial charge in [0.1, 0.15) is 9.88 Å². The highest BCUT2D eigenvalue weighted by molar-refractivity contribution is 7.98. The van der Waals surface area contributed by atoms with Crippen LogP contribution in [0.15, 0.2) is 29.2 Å². The van der Waals surface area contributed by atoms with E-state index in [2.05, 4.69) is 9.72 Å². The van der Waals surface area contributed by atoms with Gasteiger partial charge in [-0.1, -0.05) is 18.2 Å². The van der Waals surface area contributed by atoms with E-state index in [-0.39, 0.29) is 11.5 Å². The molecule has 0 atom stereocenters. The van der Waals surface area contributed by atoms with Crippen molar-refractivity contribution in [2.45, 2.75) is 24.5 Å². The molecule has 0 aliphatic carbocycles. The molecule has 1 aromatic carbocycles. The molecule has 0 fully saturated rings. The van der Waals surface area contributed by atoms with Crippen molar-refractivity contribution < 1.29 is 14.3 Å². The van der Waals surface area contributed by atoms with E-state index >= 15 is 0 Å². The zero-order valence-electron chi connectivity index (χ0n) is 12.0. The monoisotopic (exact) mass is 321 g/mol. The van der Waals surface area contributed by atoms with E-state index < -0.39 is 5.97 Å². The fourth-order valence-electron chi connectivity index (χ4n) is 1.76. The van der Waals surface area contributed by atoms with Gasteiger partial charge in [0.15, 0.2) is 11.5 Å². The van der Waals surface area contributed by atoms with Crippen LogP contribution in [0.25, 0.3) is 0 Å². The minimum absolute atomic E-state index is 0.121. The maximum atomic E-state index is 11.6. The fraction of sp³-hybridized carbons (Fsp3) is 0.267. The van der Waals surface area contributed by atoms with E-state index in [4.69, 9.17) is 0 Å². The van der Waals surface area contributed by atoms with Gasteiger partial charge in [-0.15, -0.1) is 23.1 Å². The zero-order valence-corrected chi connectivity index (χ0v) is 13.6. The molecule has 2 rings (SSSR count). The summed E-state index contributed by atoms with van der Waals surface area (Å²) in [7, 11) is 1.29. The van der Waals surface area contributed by atoms with Crippen molar-refractivity contribution in [2.75, 3.05) is 7.11 Å². The summed E-state index contributed by atoms with van der Waals surface area (Å²) < 4.78 is 4.67. The second kappa shape index (κ2) is 6.87. The summed E-state index contributed by atoms with van der Waals surface area (Å²) in [6, 6.07) is 8.07. The van der Waals surface area contributed by atoms with Crippen molar-refractivity contribution in [3.05, 3.63) is 45.4 Å². The van der Waals surface area contributed by atoms with Crippen LogP contribution in [0.1, 0.15) is 37.7 Å². The maximum Gasteiger partial charge on any atom is 0.358 e. The van der Waals surface area contributed by atoms with Crippen molar-refractivity contribution in [2.24, 2.45) is 0 Å². The predicted molar refractivity (Wildman–Crippen MR) is 84.2 cm³/mol. The van der Waals surface area contributed by atoms with Crippen LogP contribution in [0.5, 0.6) is 0 Å². The number of aryl methyl sites for hydroxylation is 1. The number of carbonyl (C=O) groups is 2. The lowest BCUT2D eigenvalue weighted by molar-refractivity contribution is 0.0591. The Bertz CT molecular complexity index is 679. The van der Waals surface area contributed by atoms with E-state index in [1.807, 2.05) is 31.2 Å². The number of Topliss-reactive ketones (excluding diaryl/α,β-unsaturated/α-hetero) is 1. The minimum atomic E-state index is -0.566. The first-order valence-corrected chi connectivity index (χ1v) is 8.10. The third kappa shape index (κ3) is 3.71. The van der Waals surface area contributed by atoms with Crippen molar-refractivity contribution in [3.63, 3.8) is 0 Å².